The molecule has 1 heterocycles. The SMILES string of the molecule is C1CCOC1.Cc1ccccc1C=NC1CC(N=Cc2ccccc2C)CC(N=Cc2ccccc2C)C1.Cc1ccccc1C=NC1CC(N=Cc2ccccc2C)CC(N=Cc2ccccc2C)C1.O=S(=O)([O-])C(F)(F)F.O=S(=O)([O-])C(F)(F)F.[Fe+2].[Fe+2].[O-]c1c(Cl)cccc1Cl.[O-]c1c(Cl)cccc1Cl. The number of alkyl halides is 6. The minimum atomic E-state index is -6.09. The smallest absolute Gasteiger partial charge is 0.870 e. The summed E-state index contributed by atoms with van der Waals surface area (Å²) in [5.41, 5.74) is 3.31. The van der Waals surface area contributed by atoms with Crippen molar-refractivity contribution in [1.29, 1.82) is 0 Å². The normalized spacial score (nSPS) is 18.0. The van der Waals surface area contributed by atoms with Gasteiger partial charge in [0.2, 0.25) is 0 Å². The Bertz CT molecular complexity index is 3870. The van der Waals surface area contributed by atoms with Crippen molar-refractivity contribution in [2.45, 2.75) is 140 Å². The fourth-order valence-electron chi connectivity index (χ4n) is 10.2. The van der Waals surface area contributed by atoms with Crippen LogP contribution < -0.4 is 10.2 Å². The van der Waals surface area contributed by atoms with Crippen LogP contribution in [0.25, 0.3) is 0 Å². The third-order valence-electron chi connectivity index (χ3n) is 16.2. The summed E-state index contributed by atoms with van der Waals surface area (Å²) in [7, 11) is -12.2. The Balaban J connectivity index is 0.000000367. The van der Waals surface area contributed by atoms with Crippen LogP contribution >= 0.6 is 46.4 Å². The van der Waals surface area contributed by atoms with E-state index in [4.69, 9.17) is 107 Å². The maximum Gasteiger partial charge on any atom is 2.00 e. The van der Waals surface area contributed by atoms with Gasteiger partial charge in [-0.25, -0.2) is 16.8 Å². The number of nitrogens with zero attached hydrogens (tertiary/aromatic N) is 6. The Morgan fingerprint density at radius 1 is 0.336 bits per heavy atom. The standard InChI is InChI=1S/2C30H33N3.2C6H4Cl2O.C4H8O.2CHF3O3S.2Fe/c2*1-22-10-4-7-13-25(22)19-31-28-16-29(32-20-26-14-8-5-11-23(26)2)18-30(17-28)33-21-27-15-9-6-12-24(27)3;2*7-4-2-1-3-5(8)6(4)9;1-2-4-5-3-1;2*2-1(3,4)8(5,6)7;;/h2*4-15,19-21,28-30H,16-18H2,1-3H3;2*1-3,9H;1-4H2;2*(H,5,6,7);;/q;;;;;;;2*+2/p-4. The van der Waals surface area contributed by atoms with Crippen LogP contribution in [-0.4, -0.2) is 124 Å². The first-order chi connectivity index (χ1) is 49.6. The molecule has 3 aliphatic rings. The zero-order valence-corrected chi connectivity index (χ0v) is 65.8. The van der Waals surface area contributed by atoms with Crippen molar-refractivity contribution in [2.24, 2.45) is 30.0 Å². The summed E-state index contributed by atoms with van der Waals surface area (Å²) >= 11 is 21.7. The Morgan fingerprint density at radius 2 is 0.495 bits per heavy atom. The molecule has 3 fully saturated rings. The largest absolute Gasteiger partial charge is 2.00 e. The number of aryl methyl sites for hydroxylation is 6. The molecule has 29 heteroatoms. The molecule has 0 unspecified atom stereocenters. The van der Waals surface area contributed by atoms with E-state index in [0.717, 1.165) is 51.7 Å². The first kappa shape index (κ1) is 94.1. The van der Waals surface area contributed by atoms with Crippen LogP contribution in [0.2, 0.25) is 20.1 Å². The molecular weight excluding hydrogens is 1600 g/mol. The Labute approximate surface area is 664 Å². The van der Waals surface area contributed by atoms with Crippen LogP contribution in [0.5, 0.6) is 11.5 Å². The number of hydrogen-bond acceptors (Lipinski definition) is 15. The molecule has 2 aliphatic carbocycles. The van der Waals surface area contributed by atoms with Crippen LogP contribution in [0.4, 0.5) is 26.3 Å². The van der Waals surface area contributed by atoms with E-state index in [1.807, 2.05) is 37.3 Å². The molecule has 0 spiro atoms. The molecule has 8 aromatic rings. The molecule has 0 bridgehead atoms. The molecule has 0 atom stereocenters. The van der Waals surface area contributed by atoms with Crippen molar-refractivity contribution in [3.63, 3.8) is 0 Å². The van der Waals surface area contributed by atoms with E-state index in [0.29, 0.717) is 0 Å². The molecule has 0 amide bonds. The van der Waals surface area contributed by atoms with E-state index in [9.17, 15) is 36.6 Å². The predicted octanol–water partition coefficient (Wildman–Crippen LogP) is 18.1. The van der Waals surface area contributed by atoms with E-state index in [1.54, 1.807) is 12.1 Å². The van der Waals surface area contributed by atoms with E-state index in [2.05, 4.69) is 187 Å². The number of aliphatic imine (C=N–C) groups is 6. The summed E-state index contributed by atoms with van der Waals surface area (Å²) in [6, 6.07) is 61.0. The van der Waals surface area contributed by atoms with Gasteiger partial charge in [0.05, 0.1) is 36.3 Å². The predicted molar refractivity (Wildman–Crippen MR) is 406 cm³/mol. The molecular formula is C78H80Cl4F6Fe2N6O9S2. The van der Waals surface area contributed by atoms with Gasteiger partial charge in [-0.05, 0) is 184 Å². The number of hydrogen-bond donors (Lipinski definition) is 0. The zero-order valence-electron chi connectivity index (χ0n) is 59.0. The van der Waals surface area contributed by atoms with Gasteiger partial charge in [-0.15, -0.1) is 0 Å². The zero-order chi connectivity index (χ0) is 77.3. The van der Waals surface area contributed by atoms with Crippen LogP contribution in [0, 0.1) is 41.5 Å². The topological polar surface area (TPSA) is 244 Å². The van der Waals surface area contributed by atoms with Crippen LogP contribution in [0.3, 0.4) is 0 Å². The Kier molecular flexibility index (Phi) is 41.4. The quantitative estimate of drug-likeness (QED) is 0.0371. The molecule has 1 aliphatic heterocycles. The van der Waals surface area contributed by atoms with Gasteiger partial charge in [0.25, 0.3) is 0 Å². The van der Waals surface area contributed by atoms with Gasteiger partial charge in [-0.1, -0.05) is 216 Å². The fourth-order valence-corrected chi connectivity index (χ4v) is 11.0. The molecule has 0 radical (unpaired) electrons. The second kappa shape index (κ2) is 47.1. The van der Waals surface area contributed by atoms with E-state index >= 15 is 0 Å². The molecule has 11 rings (SSSR count). The number of ether oxygens (including phenoxy) is 1. The summed E-state index contributed by atoms with van der Waals surface area (Å²) in [4.78, 5) is 29.9. The van der Waals surface area contributed by atoms with E-state index in [1.165, 1.54) is 104 Å². The molecule has 2 saturated carbocycles. The van der Waals surface area contributed by atoms with Crippen molar-refractivity contribution < 1.29 is 101 Å². The van der Waals surface area contributed by atoms with Crippen molar-refractivity contribution in [3.8, 4) is 11.5 Å². The number of rotatable bonds is 12. The van der Waals surface area contributed by atoms with Crippen molar-refractivity contribution in [3.05, 3.63) is 269 Å². The van der Waals surface area contributed by atoms with Gasteiger partial charge in [-0.2, -0.15) is 26.3 Å². The molecule has 0 N–H and O–H groups in total. The second-order valence-electron chi connectivity index (χ2n) is 24.4. The van der Waals surface area contributed by atoms with Gasteiger partial charge in [-0.3, -0.25) is 30.0 Å². The summed E-state index contributed by atoms with van der Waals surface area (Å²) < 4.78 is 123. The summed E-state index contributed by atoms with van der Waals surface area (Å²) in [6.45, 7) is 14.8. The maximum atomic E-state index is 10.7. The van der Waals surface area contributed by atoms with Crippen molar-refractivity contribution >= 4 is 104 Å². The van der Waals surface area contributed by atoms with Gasteiger partial charge < -0.3 is 24.1 Å². The molecule has 15 nitrogen and oxygen atoms in total. The van der Waals surface area contributed by atoms with Crippen LogP contribution in [0.1, 0.15) is 118 Å². The van der Waals surface area contributed by atoms with E-state index in [-0.39, 0.29) is 102 Å². The Hall–Kier alpha value is -7.06. The fraction of sp³-hybridized carbons (Fsp3) is 0.308. The average molecular weight is 1680 g/mol. The maximum absolute atomic E-state index is 10.7. The molecule has 1 saturated heterocycles. The number of benzene rings is 8. The molecule has 574 valence electrons. The van der Waals surface area contributed by atoms with Gasteiger partial charge in [0, 0.05) is 70.6 Å². The number of halogens is 10. The number of para-hydroxylation sites is 2. The third-order valence-corrected chi connectivity index (χ3v) is 18.5. The van der Waals surface area contributed by atoms with Gasteiger partial charge >= 0.3 is 45.2 Å². The van der Waals surface area contributed by atoms with Gasteiger partial charge in [0.15, 0.2) is 20.2 Å². The monoisotopic (exact) mass is 1670 g/mol. The average Bonchev–Trinajstić information content (AvgIpc) is 1.17. The second-order valence-corrected chi connectivity index (χ2v) is 28.7. The molecule has 107 heavy (non-hydrogen) atoms. The summed E-state index contributed by atoms with van der Waals surface area (Å²) in [6.07, 6.45) is 20.5. The van der Waals surface area contributed by atoms with Crippen molar-refractivity contribution in [1.82, 2.24) is 0 Å². The summed E-state index contributed by atoms with van der Waals surface area (Å²) in [5.74, 6) is -0.610. The molecule has 0 aromatic heterocycles. The third kappa shape index (κ3) is 34.6. The van der Waals surface area contributed by atoms with Gasteiger partial charge in [0.1, 0.15) is 0 Å². The minimum absolute atomic E-state index is 0. The first-order valence-electron chi connectivity index (χ1n) is 33.0. The van der Waals surface area contributed by atoms with Crippen molar-refractivity contribution in [2.75, 3.05) is 13.2 Å². The van der Waals surface area contributed by atoms with Crippen LogP contribution in [-0.2, 0) is 59.1 Å². The van der Waals surface area contributed by atoms with Crippen LogP contribution in [0.15, 0.2) is 212 Å². The Morgan fingerprint density at radius 3 is 0.617 bits per heavy atom. The molecule has 8 aromatic carbocycles. The first-order valence-corrected chi connectivity index (χ1v) is 37.3. The minimum Gasteiger partial charge on any atom is -0.870 e. The summed E-state index contributed by atoms with van der Waals surface area (Å²) in [5, 5.41) is 22.1. The van der Waals surface area contributed by atoms with E-state index < -0.39 is 31.3 Å².